The Kier molecular flexibility index (Phi) is 3.12. The first-order chi connectivity index (χ1) is 8.93. The number of Topliss-reactive ketones (excluding diaryl/α,β-unsaturated/α-hetero) is 1. The molecule has 0 fully saturated rings. The van der Waals surface area contributed by atoms with Crippen molar-refractivity contribution in [2.45, 2.75) is 13.8 Å². The number of nitrogens with zero attached hydrogens (tertiary/aromatic N) is 1. The second-order valence-electron chi connectivity index (χ2n) is 4.24. The number of rotatable bonds is 2. The van der Waals surface area contributed by atoms with Gasteiger partial charge in [0, 0.05) is 6.07 Å². The molecule has 0 radical (unpaired) electrons. The Morgan fingerprint density at radius 3 is 2.42 bits per heavy atom. The summed E-state index contributed by atoms with van der Waals surface area (Å²) in [5, 5.41) is 19.9. The monoisotopic (exact) mass is 259 g/mol. The molecular weight excluding hydrogens is 246 g/mol. The Hall–Kier alpha value is -2.56. The van der Waals surface area contributed by atoms with Crippen LogP contribution < -0.4 is 5.56 Å². The van der Waals surface area contributed by atoms with Crippen molar-refractivity contribution in [3.05, 3.63) is 51.8 Å². The largest absolute Gasteiger partial charge is 0.506 e. The van der Waals surface area contributed by atoms with Crippen LogP contribution in [0.1, 0.15) is 22.8 Å². The van der Waals surface area contributed by atoms with Crippen molar-refractivity contribution in [2.24, 2.45) is 0 Å². The van der Waals surface area contributed by atoms with Crippen molar-refractivity contribution in [3.8, 4) is 17.3 Å². The van der Waals surface area contributed by atoms with E-state index < -0.39 is 11.4 Å². The average Bonchev–Trinajstić information content (AvgIpc) is 2.30. The number of benzene rings is 1. The van der Waals surface area contributed by atoms with Crippen molar-refractivity contribution in [1.29, 1.82) is 0 Å². The summed E-state index contributed by atoms with van der Waals surface area (Å²) < 4.78 is 0.916. The molecule has 0 aliphatic carbocycles. The zero-order valence-electron chi connectivity index (χ0n) is 10.5. The van der Waals surface area contributed by atoms with E-state index in [1.165, 1.54) is 25.1 Å². The zero-order valence-corrected chi connectivity index (χ0v) is 10.5. The molecule has 0 amide bonds. The molecule has 2 N–H and O–H groups in total. The normalized spacial score (nSPS) is 10.4. The van der Waals surface area contributed by atoms with E-state index in [1.54, 1.807) is 19.1 Å². The summed E-state index contributed by atoms with van der Waals surface area (Å²) in [6.45, 7) is 2.88. The highest BCUT2D eigenvalue weighted by Crippen LogP contribution is 2.27. The van der Waals surface area contributed by atoms with Gasteiger partial charge in [0.15, 0.2) is 5.78 Å². The lowest BCUT2D eigenvalue weighted by Crippen LogP contribution is -2.20. The minimum Gasteiger partial charge on any atom is -0.506 e. The van der Waals surface area contributed by atoms with Crippen molar-refractivity contribution >= 4 is 5.78 Å². The SMILES string of the molecule is CC(=O)c1c(C)cc(=O)n(-c2ccccc2O)c1O. The van der Waals surface area contributed by atoms with Crippen LogP contribution in [0.3, 0.4) is 0 Å². The number of para-hydroxylation sites is 2. The standard InChI is InChI=1S/C14H13NO4/c1-8-7-12(18)15(14(19)13(8)9(2)16)10-5-3-4-6-11(10)17/h3-7,17,19H,1-2H3. The smallest absolute Gasteiger partial charge is 0.258 e. The van der Waals surface area contributed by atoms with Crippen LogP contribution in [0.5, 0.6) is 11.6 Å². The summed E-state index contributed by atoms with van der Waals surface area (Å²) in [5.41, 5.74) is 0.0959. The minimum atomic E-state index is -0.512. The molecule has 5 nitrogen and oxygen atoms in total. The van der Waals surface area contributed by atoms with Crippen molar-refractivity contribution < 1.29 is 15.0 Å². The van der Waals surface area contributed by atoms with Gasteiger partial charge in [0.2, 0.25) is 5.88 Å². The van der Waals surface area contributed by atoms with Gasteiger partial charge in [0.25, 0.3) is 5.56 Å². The van der Waals surface area contributed by atoms with E-state index in [0.717, 1.165) is 4.57 Å². The van der Waals surface area contributed by atoms with Gasteiger partial charge in [-0.25, -0.2) is 4.57 Å². The predicted octanol–water partition coefficient (Wildman–Crippen LogP) is 1.76. The molecule has 0 unspecified atom stereocenters. The highest BCUT2D eigenvalue weighted by molar-refractivity contribution is 5.97. The summed E-state index contributed by atoms with van der Waals surface area (Å²) in [6, 6.07) is 7.35. The van der Waals surface area contributed by atoms with Crippen LogP contribution in [-0.2, 0) is 0 Å². The molecule has 0 aliphatic rings. The molecule has 1 aromatic carbocycles. The molecule has 19 heavy (non-hydrogen) atoms. The number of aryl methyl sites for hydroxylation is 1. The fourth-order valence-electron chi connectivity index (χ4n) is 2.04. The number of phenols is 1. The summed E-state index contributed by atoms with van der Waals surface area (Å²) in [5.74, 6) is -0.962. The van der Waals surface area contributed by atoms with E-state index in [9.17, 15) is 19.8 Å². The van der Waals surface area contributed by atoms with Crippen molar-refractivity contribution in [2.75, 3.05) is 0 Å². The Morgan fingerprint density at radius 2 is 1.84 bits per heavy atom. The van der Waals surface area contributed by atoms with Crippen LogP contribution in [0.25, 0.3) is 5.69 Å². The number of ketones is 1. The van der Waals surface area contributed by atoms with Gasteiger partial charge < -0.3 is 10.2 Å². The first kappa shape index (κ1) is 12.9. The third kappa shape index (κ3) is 2.10. The van der Waals surface area contributed by atoms with Gasteiger partial charge in [-0.3, -0.25) is 9.59 Å². The van der Waals surface area contributed by atoms with Gasteiger partial charge in [-0.2, -0.15) is 0 Å². The maximum Gasteiger partial charge on any atom is 0.258 e. The third-order valence-corrected chi connectivity index (χ3v) is 2.86. The summed E-state index contributed by atoms with van der Waals surface area (Å²) in [6.07, 6.45) is 0. The third-order valence-electron chi connectivity index (χ3n) is 2.86. The van der Waals surface area contributed by atoms with Gasteiger partial charge in [0.05, 0.1) is 11.3 Å². The number of carbonyl (C=O) groups excluding carboxylic acids is 1. The Bertz CT molecular complexity index is 716. The van der Waals surface area contributed by atoms with Crippen LogP contribution in [0.4, 0.5) is 0 Å². The molecule has 1 aromatic heterocycles. The highest BCUT2D eigenvalue weighted by atomic mass is 16.3. The van der Waals surface area contributed by atoms with Crippen molar-refractivity contribution in [1.82, 2.24) is 4.57 Å². The van der Waals surface area contributed by atoms with Crippen LogP contribution in [0.15, 0.2) is 35.1 Å². The maximum absolute atomic E-state index is 12.0. The number of aromatic nitrogens is 1. The fraction of sp³-hybridized carbons (Fsp3) is 0.143. The molecule has 2 rings (SSSR count). The van der Waals surface area contributed by atoms with Gasteiger partial charge in [-0.05, 0) is 31.5 Å². The number of aromatic hydroxyl groups is 2. The second kappa shape index (κ2) is 4.61. The molecule has 1 heterocycles. The number of hydrogen-bond acceptors (Lipinski definition) is 4. The Morgan fingerprint density at radius 1 is 1.21 bits per heavy atom. The molecule has 0 aliphatic heterocycles. The molecule has 0 saturated heterocycles. The molecule has 98 valence electrons. The number of hydrogen-bond donors (Lipinski definition) is 2. The summed E-state index contributed by atoms with van der Waals surface area (Å²) >= 11 is 0. The van der Waals surface area contributed by atoms with E-state index in [-0.39, 0.29) is 22.8 Å². The number of phenolic OH excluding ortho intramolecular Hbond substituents is 1. The summed E-state index contributed by atoms with van der Waals surface area (Å²) in [4.78, 5) is 23.5. The molecule has 0 bridgehead atoms. The van der Waals surface area contributed by atoms with E-state index in [0.29, 0.717) is 5.56 Å². The summed E-state index contributed by atoms with van der Waals surface area (Å²) in [7, 11) is 0. The lowest BCUT2D eigenvalue weighted by molar-refractivity contribution is 0.101. The number of pyridine rings is 1. The van der Waals surface area contributed by atoms with E-state index in [4.69, 9.17) is 0 Å². The minimum absolute atomic E-state index is 0.0721. The van der Waals surface area contributed by atoms with Gasteiger partial charge in [0.1, 0.15) is 5.75 Å². The van der Waals surface area contributed by atoms with E-state index >= 15 is 0 Å². The Labute approximate surface area is 109 Å². The molecule has 0 atom stereocenters. The predicted molar refractivity (Wildman–Crippen MR) is 70.1 cm³/mol. The molecule has 2 aromatic rings. The highest BCUT2D eigenvalue weighted by Gasteiger charge is 2.18. The molecule has 5 heteroatoms. The fourth-order valence-corrected chi connectivity index (χ4v) is 2.04. The molecular formula is C14H13NO4. The topological polar surface area (TPSA) is 79.5 Å². The van der Waals surface area contributed by atoms with Gasteiger partial charge in [-0.1, -0.05) is 12.1 Å². The van der Waals surface area contributed by atoms with E-state index in [1.807, 2.05) is 0 Å². The lowest BCUT2D eigenvalue weighted by Gasteiger charge is -2.13. The molecule has 0 spiro atoms. The second-order valence-corrected chi connectivity index (χ2v) is 4.24. The van der Waals surface area contributed by atoms with Gasteiger partial charge in [-0.15, -0.1) is 0 Å². The first-order valence-electron chi connectivity index (χ1n) is 5.68. The average molecular weight is 259 g/mol. The zero-order chi connectivity index (χ0) is 14.2. The van der Waals surface area contributed by atoms with Gasteiger partial charge >= 0.3 is 0 Å². The maximum atomic E-state index is 12.0. The lowest BCUT2D eigenvalue weighted by atomic mass is 10.1. The van der Waals surface area contributed by atoms with Crippen LogP contribution in [0, 0.1) is 6.92 Å². The van der Waals surface area contributed by atoms with Crippen LogP contribution in [0.2, 0.25) is 0 Å². The quantitative estimate of drug-likeness (QED) is 0.805. The number of carbonyl (C=O) groups is 1. The van der Waals surface area contributed by atoms with Crippen LogP contribution in [-0.4, -0.2) is 20.6 Å². The van der Waals surface area contributed by atoms with E-state index in [2.05, 4.69) is 0 Å². The Balaban J connectivity index is 2.86. The van der Waals surface area contributed by atoms with Crippen molar-refractivity contribution in [3.63, 3.8) is 0 Å². The first-order valence-corrected chi connectivity index (χ1v) is 5.68. The molecule has 0 saturated carbocycles. The van der Waals surface area contributed by atoms with Crippen LogP contribution >= 0.6 is 0 Å².